The van der Waals surface area contributed by atoms with Gasteiger partial charge in [-0.25, -0.2) is 4.79 Å². The van der Waals surface area contributed by atoms with Crippen LogP contribution in [-0.4, -0.2) is 34.3 Å². The predicted molar refractivity (Wildman–Crippen MR) is 86.9 cm³/mol. The van der Waals surface area contributed by atoms with Crippen LogP contribution in [0.1, 0.15) is 43.6 Å². The summed E-state index contributed by atoms with van der Waals surface area (Å²) in [4.78, 5) is 11.6. The summed E-state index contributed by atoms with van der Waals surface area (Å²) in [6.45, 7) is 0. The first kappa shape index (κ1) is 15.8. The van der Waals surface area contributed by atoms with Gasteiger partial charge in [0.25, 0.3) is 0 Å². The Morgan fingerprint density at radius 3 is 2.43 bits per heavy atom. The summed E-state index contributed by atoms with van der Waals surface area (Å²) in [5.41, 5.74) is 2.31. The van der Waals surface area contributed by atoms with E-state index in [1.165, 1.54) is 37.7 Å². The summed E-state index contributed by atoms with van der Waals surface area (Å²) < 4.78 is 6.23. The molecule has 21 heavy (non-hydrogen) atoms. The van der Waals surface area contributed by atoms with Gasteiger partial charge in [0.1, 0.15) is 11.4 Å². The summed E-state index contributed by atoms with van der Waals surface area (Å²) in [6, 6.07) is 6.31. The minimum atomic E-state index is -0.398. The van der Waals surface area contributed by atoms with Gasteiger partial charge in [-0.1, -0.05) is 19.3 Å². The number of carbonyl (C=O) groups excluding carboxylic acids is 1. The van der Waals surface area contributed by atoms with Crippen molar-refractivity contribution in [2.75, 3.05) is 28.2 Å². The Morgan fingerprint density at radius 1 is 1.19 bits per heavy atom. The largest absolute Gasteiger partial charge is 0.412 e. The van der Waals surface area contributed by atoms with E-state index in [1.807, 2.05) is 6.07 Å². The van der Waals surface area contributed by atoms with Gasteiger partial charge < -0.3 is 10.1 Å². The van der Waals surface area contributed by atoms with E-state index in [1.54, 1.807) is 7.05 Å². The van der Waals surface area contributed by atoms with Crippen LogP contribution in [-0.2, 0) is 0 Å². The van der Waals surface area contributed by atoms with Crippen LogP contribution in [0.15, 0.2) is 18.2 Å². The maximum Gasteiger partial charge on any atom is 0.412 e. The Bertz CT molecular complexity index is 500. The highest BCUT2D eigenvalue weighted by Crippen LogP contribution is 2.39. The van der Waals surface area contributed by atoms with Crippen molar-refractivity contribution in [2.45, 2.75) is 38.0 Å². The number of benzene rings is 1. The Kier molecular flexibility index (Phi) is 4.88. The molecule has 0 unspecified atom stereocenters. The molecule has 0 spiro atoms. The van der Waals surface area contributed by atoms with E-state index >= 15 is 0 Å². The predicted octanol–water partition coefficient (Wildman–Crippen LogP) is 3.65. The first-order valence-electron chi connectivity index (χ1n) is 7.77. The van der Waals surface area contributed by atoms with Crippen LogP contribution >= 0.6 is 0 Å². The van der Waals surface area contributed by atoms with Crippen molar-refractivity contribution in [3.8, 4) is 5.75 Å². The molecule has 0 heterocycles. The highest BCUT2D eigenvalue weighted by Gasteiger charge is 2.23. The minimum Gasteiger partial charge on any atom is -0.410 e. The van der Waals surface area contributed by atoms with Gasteiger partial charge >= 0.3 is 6.09 Å². The van der Waals surface area contributed by atoms with E-state index < -0.39 is 6.09 Å². The van der Waals surface area contributed by atoms with E-state index in [-0.39, 0.29) is 0 Å². The number of hydrogen-bond acceptors (Lipinski definition) is 2. The van der Waals surface area contributed by atoms with Crippen LogP contribution in [0.25, 0.3) is 0 Å². The molecule has 0 atom stereocenters. The molecule has 1 saturated carbocycles. The molecular weight excluding hydrogens is 264 g/mol. The second kappa shape index (κ2) is 6.48. The molecule has 0 aromatic heterocycles. The van der Waals surface area contributed by atoms with E-state index in [4.69, 9.17) is 4.74 Å². The van der Waals surface area contributed by atoms with Crippen molar-refractivity contribution in [2.24, 2.45) is 0 Å². The second-order valence-corrected chi connectivity index (χ2v) is 6.71. The highest BCUT2D eigenvalue weighted by molar-refractivity contribution is 5.71. The molecule has 1 aromatic rings. The fourth-order valence-corrected chi connectivity index (χ4v) is 2.93. The Morgan fingerprint density at radius 2 is 1.86 bits per heavy atom. The first-order chi connectivity index (χ1) is 9.91. The lowest BCUT2D eigenvalue weighted by atomic mass is 9.83. The zero-order chi connectivity index (χ0) is 15.5. The van der Waals surface area contributed by atoms with Crippen molar-refractivity contribution in [1.29, 1.82) is 0 Å². The summed E-state index contributed by atoms with van der Waals surface area (Å²) in [5.74, 6) is 1.23. The SMILES string of the molecule is CNC(=O)Oc1cc([N+](C)(C)C)ccc1C1CCCCC1. The summed E-state index contributed by atoms with van der Waals surface area (Å²) >= 11 is 0. The third kappa shape index (κ3) is 3.97. The highest BCUT2D eigenvalue weighted by atomic mass is 16.6. The van der Waals surface area contributed by atoms with Crippen LogP contribution in [0.2, 0.25) is 0 Å². The Balaban J connectivity index is 2.35. The van der Waals surface area contributed by atoms with E-state index in [0.717, 1.165) is 5.69 Å². The van der Waals surface area contributed by atoms with Gasteiger partial charge in [-0.2, -0.15) is 0 Å². The molecule has 0 radical (unpaired) electrons. The molecule has 116 valence electrons. The molecule has 0 bridgehead atoms. The van der Waals surface area contributed by atoms with Crippen LogP contribution in [0.4, 0.5) is 10.5 Å². The van der Waals surface area contributed by atoms with Crippen LogP contribution < -0.4 is 14.5 Å². The van der Waals surface area contributed by atoms with Crippen molar-refractivity contribution in [3.63, 3.8) is 0 Å². The molecule has 4 nitrogen and oxygen atoms in total. The minimum absolute atomic E-state index is 0.398. The monoisotopic (exact) mass is 291 g/mol. The number of carbonyl (C=O) groups is 1. The molecule has 1 aliphatic carbocycles. The standard InChI is InChI=1S/C17H26N2O2/c1-18-17(20)21-16-12-14(19(2,3)4)10-11-15(16)13-8-6-5-7-9-13/h10-13H,5-9H2,1-4H3/p+1. The zero-order valence-electron chi connectivity index (χ0n) is 13.6. The lowest BCUT2D eigenvalue weighted by molar-refractivity contribution is 0.202. The topological polar surface area (TPSA) is 38.3 Å². The smallest absolute Gasteiger partial charge is 0.410 e. The second-order valence-electron chi connectivity index (χ2n) is 6.71. The molecule has 0 aliphatic heterocycles. The molecule has 1 aliphatic rings. The van der Waals surface area contributed by atoms with Gasteiger partial charge in [-0.3, -0.25) is 4.48 Å². The fraction of sp³-hybridized carbons (Fsp3) is 0.588. The Hall–Kier alpha value is -1.55. The van der Waals surface area contributed by atoms with Crippen molar-refractivity contribution < 1.29 is 9.53 Å². The quantitative estimate of drug-likeness (QED) is 0.863. The maximum atomic E-state index is 11.6. The normalized spacial score (nSPS) is 16.6. The van der Waals surface area contributed by atoms with Gasteiger partial charge in [0, 0.05) is 13.1 Å². The van der Waals surface area contributed by atoms with Gasteiger partial charge in [0.05, 0.1) is 21.1 Å². The molecule has 1 aromatic carbocycles. The lowest BCUT2D eigenvalue weighted by Crippen LogP contribution is -2.35. The van der Waals surface area contributed by atoms with E-state index in [9.17, 15) is 4.79 Å². The van der Waals surface area contributed by atoms with Gasteiger partial charge in [-0.15, -0.1) is 0 Å². The van der Waals surface area contributed by atoms with Crippen LogP contribution in [0.5, 0.6) is 5.75 Å². The number of amides is 1. The number of nitrogens with zero attached hydrogens (tertiary/aromatic N) is 1. The average molecular weight is 291 g/mol. The Labute approximate surface area is 127 Å². The van der Waals surface area contributed by atoms with Gasteiger partial charge in [-0.05, 0) is 36.5 Å². The van der Waals surface area contributed by atoms with Crippen molar-refractivity contribution >= 4 is 11.8 Å². The van der Waals surface area contributed by atoms with Crippen molar-refractivity contribution in [3.05, 3.63) is 23.8 Å². The van der Waals surface area contributed by atoms with E-state index in [2.05, 4.69) is 38.6 Å². The number of nitrogens with one attached hydrogen (secondary N) is 1. The molecule has 2 rings (SSSR count). The van der Waals surface area contributed by atoms with E-state index in [0.29, 0.717) is 16.2 Å². The summed E-state index contributed by atoms with van der Waals surface area (Å²) in [7, 11) is 7.92. The molecule has 4 heteroatoms. The first-order valence-corrected chi connectivity index (χ1v) is 7.77. The summed E-state index contributed by atoms with van der Waals surface area (Å²) in [6.07, 6.45) is 5.83. The van der Waals surface area contributed by atoms with Crippen LogP contribution in [0, 0.1) is 0 Å². The molecule has 1 amide bonds. The third-order valence-corrected chi connectivity index (χ3v) is 4.22. The number of ether oxygens (including phenoxy) is 1. The summed E-state index contributed by atoms with van der Waals surface area (Å²) in [5, 5.41) is 2.54. The van der Waals surface area contributed by atoms with Gasteiger partial charge in [0.2, 0.25) is 0 Å². The molecule has 1 fully saturated rings. The van der Waals surface area contributed by atoms with Crippen molar-refractivity contribution in [1.82, 2.24) is 9.80 Å². The third-order valence-electron chi connectivity index (χ3n) is 4.22. The van der Waals surface area contributed by atoms with Gasteiger partial charge in [0.15, 0.2) is 0 Å². The van der Waals surface area contributed by atoms with Crippen LogP contribution in [0.3, 0.4) is 0 Å². The molecule has 1 N–H and O–H groups in total. The zero-order valence-corrected chi connectivity index (χ0v) is 13.6. The molecule has 0 saturated heterocycles. The molecular formula is C17H27N2O2+. The average Bonchev–Trinajstić information content (AvgIpc) is 2.47. The lowest BCUT2D eigenvalue weighted by Gasteiger charge is -2.27. The number of rotatable bonds is 3. The number of hydrogen-bond donors (Lipinski definition) is 1. The number of quaternary nitrogens is 1. The fourth-order valence-electron chi connectivity index (χ4n) is 2.93. The maximum absolute atomic E-state index is 11.6.